The Morgan fingerprint density at radius 3 is 2.71 bits per heavy atom. The van der Waals surface area contributed by atoms with Gasteiger partial charge in [0.1, 0.15) is 5.82 Å². The monoisotopic (exact) mass is 191 g/mol. The Labute approximate surface area is 83.4 Å². The molecule has 2 rings (SSSR count). The second kappa shape index (κ2) is 2.92. The summed E-state index contributed by atoms with van der Waals surface area (Å²) in [6.07, 6.45) is 2.84. The van der Waals surface area contributed by atoms with Crippen LogP contribution in [0.15, 0.2) is 23.8 Å². The fraction of sp³-hybridized carbons (Fsp3) is 0.333. The number of halogens is 1. The first-order valence-corrected chi connectivity index (χ1v) is 4.75. The minimum Gasteiger partial charge on any atom is -0.322 e. The molecular formula is C12H14FN. The van der Waals surface area contributed by atoms with E-state index in [0.29, 0.717) is 0 Å². The second-order valence-electron chi connectivity index (χ2n) is 4.41. The molecule has 0 radical (unpaired) electrons. The van der Waals surface area contributed by atoms with Gasteiger partial charge in [-0.05, 0) is 49.1 Å². The molecule has 74 valence electrons. The molecule has 0 amide bonds. The molecule has 0 spiro atoms. The lowest BCUT2D eigenvalue weighted by molar-refractivity contribution is 0.604. The van der Waals surface area contributed by atoms with Crippen molar-refractivity contribution in [1.29, 1.82) is 0 Å². The lowest BCUT2D eigenvalue weighted by Gasteiger charge is -2.20. The molecule has 0 aliphatic heterocycles. The van der Waals surface area contributed by atoms with Gasteiger partial charge >= 0.3 is 0 Å². The van der Waals surface area contributed by atoms with Crippen molar-refractivity contribution in [1.82, 2.24) is 0 Å². The zero-order valence-electron chi connectivity index (χ0n) is 8.47. The zero-order valence-corrected chi connectivity index (χ0v) is 8.47. The molecule has 0 bridgehead atoms. The van der Waals surface area contributed by atoms with E-state index >= 15 is 0 Å². The van der Waals surface area contributed by atoms with Crippen LogP contribution in [0.1, 0.15) is 25.0 Å². The van der Waals surface area contributed by atoms with Gasteiger partial charge in [0, 0.05) is 5.54 Å². The van der Waals surface area contributed by atoms with E-state index in [2.05, 4.69) is 0 Å². The quantitative estimate of drug-likeness (QED) is 0.725. The standard InChI is InChI=1S/C12H14FN/c1-12(2,14)10-5-8-3-4-11(13)7-9(8)6-10/h3-4,6-7H,5,14H2,1-2H3. The highest BCUT2D eigenvalue weighted by Gasteiger charge is 2.23. The summed E-state index contributed by atoms with van der Waals surface area (Å²) in [6.45, 7) is 3.95. The van der Waals surface area contributed by atoms with Crippen molar-refractivity contribution in [3.63, 3.8) is 0 Å². The fourth-order valence-corrected chi connectivity index (χ4v) is 1.72. The molecular weight excluding hydrogens is 177 g/mol. The third-order valence-corrected chi connectivity index (χ3v) is 2.65. The van der Waals surface area contributed by atoms with Gasteiger partial charge in [0.15, 0.2) is 0 Å². The highest BCUT2D eigenvalue weighted by atomic mass is 19.1. The predicted molar refractivity (Wildman–Crippen MR) is 56.3 cm³/mol. The second-order valence-corrected chi connectivity index (χ2v) is 4.41. The van der Waals surface area contributed by atoms with E-state index in [1.54, 1.807) is 6.07 Å². The summed E-state index contributed by atoms with van der Waals surface area (Å²) in [5.74, 6) is -0.184. The molecule has 2 N–H and O–H groups in total. The summed E-state index contributed by atoms with van der Waals surface area (Å²) >= 11 is 0. The van der Waals surface area contributed by atoms with Gasteiger partial charge in [0.05, 0.1) is 0 Å². The van der Waals surface area contributed by atoms with Crippen LogP contribution in [0.5, 0.6) is 0 Å². The lowest BCUT2D eigenvalue weighted by Crippen LogP contribution is -2.34. The van der Waals surface area contributed by atoms with Gasteiger partial charge in [-0.1, -0.05) is 12.1 Å². The number of rotatable bonds is 1. The summed E-state index contributed by atoms with van der Waals surface area (Å²) in [4.78, 5) is 0. The average Bonchev–Trinajstić information content (AvgIpc) is 2.45. The Hall–Kier alpha value is -1.15. The van der Waals surface area contributed by atoms with Crippen molar-refractivity contribution in [2.75, 3.05) is 0 Å². The van der Waals surface area contributed by atoms with E-state index in [-0.39, 0.29) is 11.4 Å². The Balaban J connectivity index is 2.39. The Kier molecular flexibility index (Phi) is 1.96. The molecule has 1 aliphatic rings. The summed E-state index contributed by atoms with van der Waals surface area (Å²) in [5, 5.41) is 0. The third kappa shape index (κ3) is 1.58. The van der Waals surface area contributed by atoms with Crippen molar-refractivity contribution in [3.05, 3.63) is 40.7 Å². The molecule has 0 aromatic heterocycles. The van der Waals surface area contributed by atoms with E-state index < -0.39 is 0 Å². The molecule has 1 aliphatic carbocycles. The van der Waals surface area contributed by atoms with Crippen LogP contribution in [0.2, 0.25) is 0 Å². The van der Waals surface area contributed by atoms with Crippen LogP contribution in [0.25, 0.3) is 6.08 Å². The molecule has 0 unspecified atom stereocenters. The normalized spacial score (nSPS) is 15.3. The molecule has 2 heteroatoms. The van der Waals surface area contributed by atoms with Crippen molar-refractivity contribution in [2.24, 2.45) is 5.73 Å². The maximum absolute atomic E-state index is 12.9. The van der Waals surface area contributed by atoms with Crippen molar-refractivity contribution in [3.8, 4) is 0 Å². The predicted octanol–water partition coefficient (Wildman–Crippen LogP) is 2.50. The number of benzene rings is 1. The highest BCUT2D eigenvalue weighted by molar-refractivity contribution is 5.65. The average molecular weight is 191 g/mol. The van der Waals surface area contributed by atoms with Gasteiger partial charge in [0.25, 0.3) is 0 Å². The van der Waals surface area contributed by atoms with Gasteiger partial charge < -0.3 is 5.73 Å². The molecule has 0 saturated heterocycles. The van der Waals surface area contributed by atoms with Gasteiger partial charge in [-0.2, -0.15) is 0 Å². The van der Waals surface area contributed by atoms with E-state index in [1.807, 2.05) is 26.0 Å². The molecule has 1 nitrogen and oxygen atoms in total. The first kappa shape index (κ1) is 9.41. The van der Waals surface area contributed by atoms with Crippen molar-refractivity contribution in [2.45, 2.75) is 25.8 Å². The Morgan fingerprint density at radius 1 is 1.36 bits per heavy atom. The highest BCUT2D eigenvalue weighted by Crippen LogP contribution is 2.30. The first-order chi connectivity index (χ1) is 6.47. The lowest BCUT2D eigenvalue weighted by atomic mass is 9.94. The summed E-state index contributed by atoms with van der Waals surface area (Å²) in [7, 11) is 0. The van der Waals surface area contributed by atoms with E-state index in [1.165, 1.54) is 11.6 Å². The van der Waals surface area contributed by atoms with Crippen molar-refractivity contribution < 1.29 is 4.39 Å². The smallest absolute Gasteiger partial charge is 0.123 e. The van der Waals surface area contributed by atoms with Crippen molar-refractivity contribution >= 4 is 6.08 Å². The van der Waals surface area contributed by atoms with Gasteiger partial charge in [-0.25, -0.2) is 4.39 Å². The summed E-state index contributed by atoms with van der Waals surface area (Å²) in [6, 6.07) is 4.90. The molecule has 1 aromatic carbocycles. The topological polar surface area (TPSA) is 26.0 Å². The maximum atomic E-state index is 12.9. The van der Waals surface area contributed by atoms with Crippen LogP contribution in [0.4, 0.5) is 4.39 Å². The van der Waals surface area contributed by atoms with Gasteiger partial charge in [-0.3, -0.25) is 0 Å². The Morgan fingerprint density at radius 2 is 2.07 bits per heavy atom. The van der Waals surface area contributed by atoms with Gasteiger partial charge in [-0.15, -0.1) is 0 Å². The molecule has 0 atom stereocenters. The third-order valence-electron chi connectivity index (χ3n) is 2.65. The van der Waals surface area contributed by atoms with Crippen LogP contribution >= 0.6 is 0 Å². The van der Waals surface area contributed by atoms with E-state index in [0.717, 1.165) is 17.6 Å². The van der Waals surface area contributed by atoms with E-state index in [4.69, 9.17) is 5.73 Å². The molecule has 0 heterocycles. The number of hydrogen-bond donors (Lipinski definition) is 1. The van der Waals surface area contributed by atoms with Crippen LogP contribution < -0.4 is 5.73 Å². The first-order valence-electron chi connectivity index (χ1n) is 4.75. The Bertz CT molecular complexity index is 399. The van der Waals surface area contributed by atoms with Gasteiger partial charge in [0.2, 0.25) is 0 Å². The summed E-state index contributed by atoms with van der Waals surface area (Å²) in [5.41, 5.74) is 8.99. The molecule has 0 fully saturated rings. The molecule has 1 aromatic rings. The SMILES string of the molecule is CC(C)(N)C1=Cc2cc(F)ccc2C1. The minimum absolute atomic E-state index is 0.184. The molecule has 0 saturated carbocycles. The maximum Gasteiger partial charge on any atom is 0.123 e. The van der Waals surface area contributed by atoms with Crippen LogP contribution in [0.3, 0.4) is 0 Å². The molecule has 14 heavy (non-hydrogen) atoms. The number of nitrogens with two attached hydrogens (primary N) is 1. The minimum atomic E-state index is -0.310. The number of fused-ring (bicyclic) bond motifs is 1. The van der Waals surface area contributed by atoms with Crippen LogP contribution in [0, 0.1) is 5.82 Å². The fourth-order valence-electron chi connectivity index (χ4n) is 1.72. The van der Waals surface area contributed by atoms with Crippen LogP contribution in [-0.2, 0) is 6.42 Å². The summed E-state index contributed by atoms with van der Waals surface area (Å²) < 4.78 is 12.9. The zero-order chi connectivity index (χ0) is 10.3. The van der Waals surface area contributed by atoms with Crippen LogP contribution in [-0.4, -0.2) is 5.54 Å². The van der Waals surface area contributed by atoms with E-state index in [9.17, 15) is 4.39 Å². The number of hydrogen-bond acceptors (Lipinski definition) is 1. The largest absolute Gasteiger partial charge is 0.322 e.